The second-order valence-electron chi connectivity index (χ2n) is 6.49. The van der Waals surface area contributed by atoms with Crippen LogP contribution < -0.4 is 15.0 Å². The van der Waals surface area contributed by atoms with E-state index in [1.165, 1.54) is 18.1 Å². The molecule has 0 unspecified atom stereocenters. The van der Waals surface area contributed by atoms with Gasteiger partial charge in [0.2, 0.25) is 0 Å². The molecule has 2 amide bonds. The molecule has 1 fully saturated rings. The molecule has 148 valence electrons. The van der Waals surface area contributed by atoms with Gasteiger partial charge in [-0.05, 0) is 30.7 Å². The normalized spacial score (nSPS) is 14.0. The minimum Gasteiger partial charge on any atom is -0.495 e. The Hall–Kier alpha value is -2.80. The molecule has 8 heteroatoms. The zero-order valence-electron chi connectivity index (χ0n) is 15.7. The molecule has 2 aromatic carbocycles. The second kappa shape index (κ2) is 8.48. The summed E-state index contributed by atoms with van der Waals surface area (Å²) in [5.74, 6) is -1.31. The molecule has 1 aliphatic heterocycles. The Morgan fingerprint density at radius 2 is 1.82 bits per heavy atom. The second-order valence-corrected chi connectivity index (χ2v) is 6.89. The fraction of sp³-hybridized carbons (Fsp3) is 0.300. The maximum Gasteiger partial charge on any atom is 0.314 e. The van der Waals surface area contributed by atoms with E-state index >= 15 is 0 Å². The number of halogens is 2. The summed E-state index contributed by atoms with van der Waals surface area (Å²) in [5.41, 5.74) is 1.64. The van der Waals surface area contributed by atoms with E-state index in [1.807, 2.05) is 4.90 Å². The third kappa shape index (κ3) is 4.20. The fourth-order valence-electron chi connectivity index (χ4n) is 3.11. The number of hydrogen-bond donors (Lipinski definition) is 1. The molecule has 0 saturated carbocycles. The van der Waals surface area contributed by atoms with Crippen molar-refractivity contribution in [1.82, 2.24) is 4.90 Å². The van der Waals surface area contributed by atoms with Gasteiger partial charge in [0.15, 0.2) is 0 Å². The minimum atomic E-state index is -0.751. The quantitative estimate of drug-likeness (QED) is 0.797. The van der Waals surface area contributed by atoms with Gasteiger partial charge in [-0.1, -0.05) is 23.7 Å². The van der Waals surface area contributed by atoms with Crippen LogP contribution in [-0.4, -0.2) is 50.0 Å². The maximum atomic E-state index is 13.9. The van der Waals surface area contributed by atoms with Crippen LogP contribution >= 0.6 is 11.6 Å². The number of methoxy groups -OCH3 is 1. The maximum absolute atomic E-state index is 13.9. The Balaban J connectivity index is 1.63. The van der Waals surface area contributed by atoms with Gasteiger partial charge >= 0.3 is 11.8 Å². The van der Waals surface area contributed by atoms with E-state index < -0.39 is 11.8 Å². The molecule has 0 aliphatic carbocycles. The first-order chi connectivity index (χ1) is 13.4. The van der Waals surface area contributed by atoms with Crippen molar-refractivity contribution < 1.29 is 18.7 Å². The van der Waals surface area contributed by atoms with Crippen LogP contribution in [0.4, 0.5) is 15.8 Å². The molecule has 1 heterocycles. The van der Waals surface area contributed by atoms with Crippen molar-refractivity contribution in [2.45, 2.75) is 6.92 Å². The lowest BCUT2D eigenvalue weighted by atomic mass is 10.2. The molecule has 0 radical (unpaired) electrons. The number of nitrogens with zero attached hydrogens (tertiary/aromatic N) is 2. The van der Waals surface area contributed by atoms with E-state index in [4.69, 9.17) is 16.3 Å². The Morgan fingerprint density at radius 1 is 1.14 bits per heavy atom. The summed E-state index contributed by atoms with van der Waals surface area (Å²) in [6.07, 6.45) is 0. The average Bonchev–Trinajstić information content (AvgIpc) is 2.70. The van der Waals surface area contributed by atoms with Crippen LogP contribution in [0.25, 0.3) is 0 Å². The van der Waals surface area contributed by atoms with Gasteiger partial charge in [0.25, 0.3) is 0 Å². The van der Waals surface area contributed by atoms with Gasteiger partial charge in [-0.25, -0.2) is 4.39 Å². The van der Waals surface area contributed by atoms with Gasteiger partial charge in [0, 0.05) is 37.3 Å². The van der Waals surface area contributed by atoms with Gasteiger partial charge in [-0.3, -0.25) is 9.59 Å². The zero-order chi connectivity index (χ0) is 20.3. The van der Waals surface area contributed by atoms with E-state index in [2.05, 4.69) is 5.32 Å². The number of para-hydroxylation sites is 1. The number of carbonyl (C=O) groups excluding carboxylic acids is 2. The Kier molecular flexibility index (Phi) is 6.04. The molecule has 0 spiro atoms. The molecule has 1 N–H and O–H groups in total. The van der Waals surface area contributed by atoms with Crippen molar-refractivity contribution >= 4 is 34.8 Å². The Bertz CT molecular complexity index is 898. The largest absolute Gasteiger partial charge is 0.495 e. The third-order valence-electron chi connectivity index (χ3n) is 4.68. The van der Waals surface area contributed by atoms with E-state index in [0.29, 0.717) is 48.3 Å². The number of amides is 2. The highest BCUT2D eigenvalue weighted by Crippen LogP contribution is 2.31. The SMILES string of the molecule is COc1cc(Cl)c(C)cc1NC(=O)C(=O)N1CCN(c2ccccc2F)CC1. The van der Waals surface area contributed by atoms with Crippen LogP contribution in [0.1, 0.15) is 5.56 Å². The standard InChI is InChI=1S/C20H21ClFN3O3/c1-13-11-16(18(28-2)12-14(13)21)23-19(26)20(27)25-9-7-24(8-10-25)17-6-4-3-5-15(17)22/h3-6,11-12H,7-10H2,1-2H3,(H,23,26). The number of carbonyl (C=O) groups is 2. The summed E-state index contributed by atoms with van der Waals surface area (Å²) in [4.78, 5) is 28.3. The minimum absolute atomic E-state index is 0.301. The molecule has 3 rings (SSSR count). The number of benzene rings is 2. The Morgan fingerprint density at radius 3 is 2.46 bits per heavy atom. The zero-order valence-corrected chi connectivity index (χ0v) is 16.4. The molecule has 0 atom stereocenters. The topological polar surface area (TPSA) is 61.9 Å². The number of piperazine rings is 1. The number of anilines is 2. The summed E-state index contributed by atoms with van der Waals surface area (Å²) in [6.45, 7) is 3.35. The van der Waals surface area contributed by atoms with E-state index in [9.17, 15) is 14.0 Å². The van der Waals surface area contributed by atoms with Crippen molar-refractivity contribution in [3.8, 4) is 5.75 Å². The number of rotatable bonds is 3. The highest BCUT2D eigenvalue weighted by Gasteiger charge is 2.27. The lowest BCUT2D eigenvalue weighted by Crippen LogP contribution is -2.51. The first-order valence-corrected chi connectivity index (χ1v) is 9.22. The predicted octanol–water partition coefficient (Wildman–Crippen LogP) is 3.08. The third-order valence-corrected chi connectivity index (χ3v) is 5.09. The highest BCUT2D eigenvalue weighted by molar-refractivity contribution is 6.39. The molecule has 1 saturated heterocycles. The molecule has 0 bridgehead atoms. The summed E-state index contributed by atoms with van der Waals surface area (Å²) in [7, 11) is 1.46. The van der Waals surface area contributed by atoms with Gasteiger partial charge in [0.1, 0.15) is 11.6 Å². The lowest BCUT2D eigenvalue weighted by molar-refractivity contribution is -0.143. The highest BCUT2D eigenvalue weighted by atomic mass is 35.5. The van der Waals surface area contributed by atoms with E-state index in [1.54, 1.807) is 37.3 Å². The first kappa shape index (κ1) is 19.9. The molecule has 0 aromatic heterocycles. The molecule has 2 aromatic rings. The van der Waals surface area contributed by atoms with Crippen LogP contribution in [0.2, 0.25) is 5.02 Å². The summed E-state index contributed by atoms with van der Waals surface area (Å²) < 4.78 is 19.1. The van der Waals surface area contributed by atoms with Crippen LogP contribution in [0.3, 0.4) is 0 Å². The summed E-state index contributed by atoms with van der Waals surface area (Å²) >= 11 is 6.06. The molecular weight excluding hydrogens is 385 g/mol. The van der Waals surface area contributed by atoms with Crippen LogP contribution in [0.15, 0.2) is 36.4 Å². The molecular formula is C20H21ClFN3O3. The summed E-state index contributed by atoms with van der Waals surface area (Å²) in [5, 5.41) is 3.10. The molecule has 6 nitrogen and oxygen atoms in total. The first-order valence-electron chi connectivity index (χ1n) is 8.84. The number of aryl methyl sites for hydroxylation is 1. The summed E-state index contributed by atoms with van der Waals surface area (Å²) in [6, 6.07) is 9.75. The Labute approximate surface area is 167 Å². The van der Waals surface area contributed by atoms with E-state index in [0.717, 1.165) is 5.56 Å². The van der Waals surface area contributed by atoms with Crippen molar-refractivity contribution in [3.05, 3.63) is 52.8 Å². The predicted molar refractivity (Wildman–Crippen MR) is 107 cm³/mol. The lowest BCUT2D eigenvalue weighted by Gasteiger charge is -2.35. The van der Waals surface area contributed by atoms with Gasteiger partial charge in [-0.15, -0.1) is 0 Å². The van der Waals surface area contributed by atoms with Crippen molar-refractivity contribution in [3.63, 3.8) is 0 Å². The fourth-order valence-corrected chi connectivity index (χ4v) is 3.26. The van der Waals surface area contributed by atoms with Gasteiger partial charge < -0.3 is 19.9 Å². The monoisotopic (exact) mass is 405 g/mol. The number of ether oxygens (including phenoxy) is 1. The van der Waals surface area contributed by atoms with Crippen molar-refractivity contribution in [1.29, 1.82) is 0 Å². The number of nitrogens with one attached hydrogen (secondary N) is 1. The smallest absolute Gasteiger partial charge is 0.314 e. The van der Waals surface area contributed by atoms with Gasteiger partial charge in [0.05, 0.1) is 18.5 Å². The van der Waals surface area contributed by atoms with Crippen LogP contribution in [0, 0.1) is 12.7 Å². The van der Waals surface area contributed by atoms with Crippen LogP contribution in [-0.2, 0) is 9.59 Å². The van der Waals surface area contributed by atoms with Crippen LogP contribution in [0.5, 0.6) is 5.75 Å². The van der Waals surface area contributed by atoms with Crippen molar-refractivity contribution in [2.24, 2.45) is 0 Å². The molecule has 28 heavy (non-hydrogen) atoms. The van der Waals surface area contributed by atoms with E-state index in [-0.39, 0.29) is 5.82 Å². The van der Waals surface area contributed by atoms with Gasteiger partial charge in [-0.2, -0.15) is 0 Å². The number of hydrogen-bond acceptors (Lipinski definition) is 4. The molecule has 1 aliphatic rings. The average molecular weight is 406 g/mol. The van der Waals surface area contributed by atoms with Crippen molar-refractivity contribution in [2.75, 3.05) is 43.5 Å².